The standard InChI is InChI=1S/C20H22F2N2O2/c21-20(22)26-16-11-9-15(10-12-16)23-18-8-4-3-7-17(18)19(25)24-13-5-1-2-6-14-24/h3-4,7-12,20,23H,1-2,5-6,13-14H2. The van der Waals surface area contributed by atoms with E-state index in [-0.39, 0.29) is 11.7 Å². The fourth-order valence-corrected chi connectivity index (χ4v) is 3.10. The molecule has 26 heavy (non-hydrogen) atoms. The summed E-state index contributed by atoms with van der Waals surface area (Å²) < 4.78 is 28.8. The summed E-state index contributed by atoms with van der Waals surface area (Å²) in [4.78, 5) is 14.8. The van der Waals surface area contributed by atoms with E-state index in [1.165, 1.54) is 12.1 Å². The van der Waals surface area contributed by atoms with Crippen LogP contribution in [0, 0.1) is 0 Å². The lowest BCUT2D eigenvalue weighted by Gasteiger charge is -2.22. The zero-order valence-corrected chi connectivity index (χ0v) is 14.5. The number of hydrogen-bond donors (Lipinski definition) is 1. The van der Waals surface area contributed by atoms with Gasteiger partial charge in [0.05, 0.1) is 11.3 Å². The smallest absolute Gasteiger partial charge is 0.387 e. The Hall–Kier alpha value is -2.63. The molecule has 4 nitrogen and oxygen atoms in total. The first-order chi connectivity index (χ1) is 12.6. The van der Waals surface area contributed by atoms with Crippen LogP contribution in [-0.2, 0) is 0 Å². The molecule has 0 bridgehead atoms. The normalized spacial score (nSPS) is 14.8. The number of nitrogens with one attached hydrogen (secondary N) is 1. The SMILES string of the molecule is O=C(c1ccccc1Nc1ccc(OC(F)F)cc1)N1CCCCCC1. The van der Waals surface area contributed by atoms with Crippen LogP contribution < -0.4 is 10.1 Å². The van der Waals surface area contributed by atoms with Gasteiger partial charge in [0.15, 0.2) is 0 Å². The van der Waals surface area contributed by atoms with Gasteiger partial charge in [-0.15, -0.1) is 0 Å². The molecule has 2 aromatic rings. The predicted molar refractivity (Wildman–Crippen MR) is 97.2 cm³/mol. The fraction of sp³-hybridized carbons (Fsp3) is 0.350. The Morgan fingerprint density at radius 1 is 0.962 bits per heavy atom. The third-order valence-corrected chi connectivity index (χ3v) is 4.41. The molecule has 0 saturated carbocycles. The molecule has 0 spiro atoms. The molecule has 0 aromatic heterocycles. The van der Waals surface area contributed by atoms with Crippen LogP contribution in [-0.4, -0.2) is 30.5 Å². The first kappa shape index (κ1) is 18.2. The molecule has 1 N–H and O–H groups in total. The van der Waals surface area contributed by atoms with Crippen molar-refractivity contribution in [3.8, 4) is 5.75 Å². The average Bonchev–Trinajstić information content (AvgIpc) is 2.92. The largest absolute Gasteiger partial charge is 0.435 e. The van der Waals surface area contributed by atoms with E-state index in [0.29, 0.717) is 16.9 Å². The van der Waals surface area contributed by atoms with Crippen molar-refractivity contribution in [2.24, 2.45) is 0 Å². The third-order valence-electron chi connectivity index (χ3n) is 4.41. The molecular weight excluding hydrogens is 338 g/mol. The molecule has 1 aliphatic heterocycles. The molecule has 0 unspecified atom stereocenters. The van der Waals surface area contributed by atoms with Gasteiger partial charge in [0.25, 0.3) is 5.91 Å². The van der Waals surface area contributed by atoms with Gasteiger partial charge >= 0.3 is 6.61 Å². The van der Waals surface area contributed by atoms with Crippen LogP contribution >= 0.6 is 0 Å². The van der Waals surface area contributed by atoms with Gasteiger partial charge in [0, 0.05) is 18.8 Å². The van der Waals surface area contributed by atoms with Crippen molar-refractivity contribution >= 4 is 17.3 Å². The molecular formula is C20H22F2N2O2. The van der Waals surface area contributed by atoms with Crippen LogP contribution in [0.2, 0.25) is 0 Å². The van der Waals surface area contributed by atoms with Gasteiger partial charge in [-0.25, -0.2) is 0 Å². The van der Waals surface area contributed by atoms with Crippen LogP contribution in [0.1, 0.15) is 36.0 Å². The highest BCUT2D eigenvalue weighted by atomic mass is 19.3. The van der Waals surface area contributed by atoms with Gasteiger partial charge in [0.2, 0.25) is 0 Å². The molecule has 2 aromatic carbocycles. The summed E-state index contributed by atoms with van der Waals surface area (Å²) >= 11 is 0. The molecule has 0 atom stereocenters. The summed E-state index contributed by atoms with van der Waals surface area (Å²) in [6.45, 7) is -1.28. The van der Waals surface area contributed by atoms with Crippen LogP contribution in [0.5, 0.6) is 5.75 Å². The highest BCUT2D eigenvalue weighted by molar-refractivity contribution is 6.00. The molecule has 1 amide bonds. The first-order valence-electron chi connectivity index (χ1n) is 8.84. The Kier molecular flexibility index (Phi) is 6.04. The Labute approximate surface area is 151 Å². The monoisotopic (exact) mass is 360 g/mol. The lowest BCUT2D eigenvalue weighted by atomic mass is 10.1. The summed E-state index contributed by atoms with van der Waals surface area (Å²) in [6, 6.07) is 13.6. The van der Waals surface area contributed by atoms with E-state index in [1.807, 2.05) is 29.2 Å². The van der Waals surface area contributed by atoms with Crippen LogP contribution in [0.3, 0.4) is 0 Å². The summed E-state index contributed by atoms with van der Waals surface area (Å²) in [5, 5.41) is 3.20. The minimum atomic E-state index is -2.85. The Morgan fingerprint density at radius 2 is 1.62 bits per heavy atom. The maximum atomic E-state index is 12.9. The highest BCUT2D eigenvalue weighted by Crippen LogP contribution is 2.25. The van der Waals surface area contributed by atoms with Crippen LogP contribution in [0.15, 0.2) is 48.5 Å². The number of rotatable bonds is 5. The van der Waals surface area contributed by atoms with Gasteiger partial charge in [-0.1, -0.05) is 25.0 Å². The number of nitrogens with zero attached hydrogens (tertiary/aromatic N) is 1. The third kappa shape index (κ3) is 4.71. The Balaban J connectivity index is 1.75. The predicted octanol–water partition coefficient (Wildman–Crippen LogP) is 5.05. The van der Waals surface area contributed by atoms with Crippen molar-refractivity contribution in [1.29, 1.82) is 0 Å². The molecule has 3 rings (SSSR count). The van der Waals surface area contributed by atoms with E-state index in [2.05, 4.69) is 10.1 Å². The van der Waals surface area contributed by atoms with E-state index in [4.69, 9.17) is 0 Å². The fourth-order valence-electron chi connectivity index (χ4n) is 3.10. The number of halogens is 2. The molecule has 0 aliphatic carbocycles. The van der Waals surface area contributed by atoms with E-state index < -0.39 is 6.61 Å². The Morgan fingerprint density at radius 3 is 2.27 bits per heavy atom. The molecule has 138 valence electrons. The molecule has 1 aliphatic rings. The molecule has 1 heterocycles. The van der Waals surface area contributed by atoms with Crippen molar-refractivity contribution < 1.29 is 18.3 Å². The number of hydrogen-bond acceptors (Lipinski definition) is 3. The number of amides is 1. The van der Waals surface area contributed by atoms with E-state index in [9.17, 15) is 13.6 Å². The number of ether oxygens (including phenoxy) is 1. The first-order valence-corrected chi connectivity index (χ1v) is 8.84. The van der Waals surface area contributed by atoms with Crippen molar-refractivity contribution in [1.82, 2.24) is 4.90 Å². The Bertz CT molecular complexity index is 727. The zero-order valence-electron chi connectivity index (χ0n) is 14.5. The second-order valence-corrected chi connectivity index (χ2v) is 6.28. The number of carbonyl (C=O) groups is 1. The number of carbonyl (C=O) groups excluding carboxylic acids is 1. The highest BCUT2D eigenvalue weighted by Gasteiger charge is 2.19. The van der Waals surface area contributed by atoms with Crippen molar-refractivity contribution in [2.75, 3.05) is 18.4 Å². The second kappa shape index (κ2) is 8.65. The quantitative estimate of drug-likeness (QED) is 0.811. The van der Waals surface area contributed by atoms with Gasteiger partial charge in [-0.2, -0.15) is 8.78 Å². The summed E-state index contributed by atoms with van der Waals surface area (Å²) in [6.07, 6.45) is 4.40. The number of anilines is 2. The lowest BCUT2D eigenvalue weighted by molar-refractivity contribution is -0.0498. The van der Waals surface area contributed by atoms with Gasteiger partial charge in [0.1, 0.15) is 5.75 Å². The van der Waals surface area contributed by atoms with Crippen LogP contribution in [0.25, 0.3) is 0 Å². The van der Waals surface area contributed by atoms with Crippen molar-refractivity contribution in [2.45, 2.75) is 32.3 Å². The second-order valence-electron chi connectivity index (χ2n) is 6.28. The average molecular weight is 360 g/mol. The summed E-state index contributed by atoms with van der Waals surface area (Å²) in [5.41, 5.74) is 2.01. The zero-order chi connectivity index (χ0) is 18.4. The van der Waals surface area contributed by atoms with E-state index >= 15 is 0 Å². The summed E-state index contributed by atoms with van der Waals surface area (Å²) in [7, 11) is 0. The van der Waals surface area contributed by atoms with Crippen molar-refractivity contribution in [3.05, 3.63) is 54.1 Å². The van der Waals surface area contributed by atoms with E-state index in [1.54, 1.807) is 12.1 Å². The molecule has 0 radical (unpaired) electrons. The topological polar surface area (TPSA) is 41.6 Å². The van der Waals surface area contributed by atoms with Gasteiger partial charge in [-0.3, -0.25) is 4.79 Å². The van der Waals surface area contributed by atoms with E-state index in [0.717, 1.165) is 38.8 Å². The van der Waals surface area contributed by atoms with Crippen LogP contribution in [0.4, 0.5) is 20.2 Å². The molecule has 1 fully saturated rings. The van der Waals surface area contributed by atoms with Gasteiger partial charge in [-0.05, 0) is 49.2 Å². The summed E-state index contributed by atoms with van der Waals surface area (Å²) in [5.74, 6) is 0.118. The molecule has 1 saturated heterocycles. The maximum absolute atomic E-state index is 12.9. The minimum Gasteiger partial charge on any atom is -0.435 e. The number of para-hydroxylation sites is 1. The van der Waals surface area contributed by atoms with Crippen molar-refractivity contribution in [3.63, 3.8) is 0 Å². The maximum Gasteiger partial charge on any atom is 0.387 e. The number of likely N-dealkylation sites (tertiary alicyclic amines) is 1. The molecule has 6 heteroatoms. The van der Waals surface area contributed by atoms with Gasteiger partial charge < -0.3 is 15.0 Å². The number of benzene rings is 2. The lowest BCUT2D eigenvalue weighted by Crippen LogP contribution is -2.32. The minimum absolute atomic E-state index is 0.0210. The number of alkyl halides is 2.